The Morgan fingerprint density at radius 2 is 1.27 bits per heavy atom. The summed E-state index contributed by atoms with van der Waals surface area (Å²) in [7, 11) is 0. The van der Waals surface area contributed by atoms with Gasteiger partial charge in [-0.1, -0.05) is 155 Å². The molecule has 3 unspecified atom stereocenters. The second-order valence-electron chi connectivity index (χ2n) is 19.2. The van der Waals surface area contributed by atoms with Crippen LogP contribution in [0.2, 0.25) is 0 Å². The van der Waals surface area contributed by atoms with Crippen molar-refractivity contribution in [1.29, 1.82) is 0 Å². The molecule has 304 valence electrons. The van der Waals surface area contributed by atoms with Gasteiger partial charge in [-0.15, -0.1) is 0 Å². The number of nitrogens with zero attached hydrogens (tertiary/aromatic N) is 2. The minimum Gasteiger partial charge on any atom is -0.485 e. The minimum atomic E-state index is -0.139. The fraction of sp³-hybridized carbons (Fsp3) is 0.167. The van der Waals surface area contributed by atoms with Crippen LogP contribution < -0.4 is 9.64 Å². The third-order valence-corrected chi connectivity index (χ3v) is 15.1. The molecule has 63 heavy (non-hydrogen) atoms. The first-order valence-corrected chi connectivity index (χ1v) is 22.6. The zero-order chi connectivity index (χ0) is 42.2. The van der Waals surface area contributed by atoms with E-state index in [1.807, 2.05) is 0 Å². The highest BCUT2D eigenvalue weighted by Gasteiger charge is 2.42. The van der Waals surface area contributed by atoms with Crippen LogP contribution in [0, 0.1) is 5.92 Å². The molecule has 0 amide bonds. The molecule has 7 aromatic carbocycles. The summed E-state index contributed by atoms with van der Waals surface area (Å²) in [5, 5.41) is 1.33. The number of anilines is 3. The number of aromatic nitrogens is 1. The lowest BCUT2D eigenvalue weighted by Gasteiger charge is -2.32. The summed E-state index contributed by atoms with van der Waals surface area (Å²) in [5.74, 6) is 1.26. The molecule has 13 rings (SSSR count). The van der Waals surface area contributed by atoms with Crippen molar-refractivity contribution in [2.24, 2.45) is 5.92 Å². The van der Waals surface area contributed by atoms with E-state index in [9.17, 15) is 0 Å². The molecule has 1 aliphatic heterocycles. The lowest BCUT2D eigenvalue weighted by atomic mass is 9.80. The van der Waals surface area contributed by atoms with Crippen molar-refractivity contribution in [2.75, 3.05) is 4.90 Å². The number of allylic oxidation sites excluding steroid dienone is 3. The average Bonchev–Trinajstić information content (AvgIpc) is 4.00. The van der Waals surface area contributed by atoms with Gasteiger partial charge in [-0.25, -0.2) is 0 Å². The molecule has 5 aliphatic rings. The molecule has 3 atom stereocenters. The lowest BCUT2D eigenvalue weighted by Crippen LogP contribution is -2.21. The number of hydrogen-bond donors (Lipinski definition) is 0. The summed E-state index contributed by atoms with van der Waals surface area (Å²) in [6, 6.07) is 58.5. The normalized spacial score (nSPS) is 19.9. The fourth-order valence-electron chi connectivity index (χ4n) is 12.1. The van der Waals surface area contributed by atoms with Crippen LogP contribution in [0.15, 0.2) is 188 Å². The van der Waals surface area contributed by atoms with E-state index in [-0.39, 0.29) is 28.8 Å². The smallest absolute Gasteiger partial charge is 0.128 e. The third kappa shape index (κ3) is 5.14. The zero-order valence-corrected chi connectivity index (χ0v) is 36.1. The van der Waals surface area contributed by atoms with Gasteiger partial charge in [-0.05, 0) is 117 Å². The van der Waals surface area contributed by atoms with Crippen LogP contribution in [0.1, 0.15) is 72.7 Å². The lowest BCUT2D eigenvalue weighted by molar-refractivity contribution is 0.268. The molecule has 0 radical (unpaired) electrons. The topological polar surface area (TPSA) is 17.4 Å². The van der Waals surface area contributed by atoms with Gasteiger partial charge >= 0.3 is 0 Å². The molecular weight excluding hydrogens is 765 g/mol. The van der Waals surface area contributed by atoms with Crippen LogP contribution in [0.5, 0.6) is 5.75 Å². The highest BCUT2D eigenvalue weighted by Crippen LogP contribution is 2.58. The van der Waals surface area contributed by atoms with E-state index in [0.29, 0.717) is 0 Å². The quantitative estimate of drug-likeness (QED) is 0.172. The maximum atomic E-state index is 6.93. The first-order chi connectivity index (χ1) is 30.8. The van der Waals surface area contributed by atoms with Crippen LogP contribution in [-0.2, 0) is 17.3 Å². The Morgan fingerprint density at radius 3 is 2.13 bits per heavy atom. The summed E-state index contributed by atoms with van der Waals surface area (Å²) in [5.41, 5.74) is 21.8. The Labute approximate surface area is 369 Å². The van der Waals surface area contributed by atoms with Crippen molar-refractivity contribution in [3.05, 3.63) is 227 Å². The summed E-state index contributed by atoms with van der Waals surface area (Å²) < 4.78 is 9.36. The standard InChI is InChI=1S/C60H48N2O/c1-59(2)48-22-12-9-20-44(48)57-49(59)23-14-25-53(57)62(40-30-31-42-41-18-8-11-21-47(41)60(3,4)50(42)36-40)54-26-15-27-56-58(54)46-35-38(29-33-55(46)63-56)37-28-32-52-45(34-37)43-19-10-13-24-51(43)61(52)39-16-6-5-7-17-39/h5-33,35-37,46,55H,34H2,1-4H3. The van der Waals surface area contributed by atoms with E-state index in [1.54, 1.807) is 0 Å². The van der Waals surface area contributed by atoms with E-state index in [0.717, 1.165) is 17.9 Å². The van der Waals surface area contributed by atoms with Gasteiger partial charge in [0.15, 0.2) is 0 Å². The van der Waals surface area contributed by atoms with Gasteiger partial charge < -0.3 is 14.2 Å². The van der Waals surface area contributed by atoms with Crippen molar-refractivity contribution in [1.82, 2.24) is 4.57 Å². The third-order valence-electron chi connectivity index (χ3n) is 15.1. The Balaban J connectivity index is 0.968. The van der Waals surface area contributed by atoms with Crippen molar-refractivity contribution < 1.29 is 4.74 Å². The van der Waals surface area contributed by atoms with Crippen molar-refractivity contribution in [3.8, 4) is 33.7 Å². The molecule has 0 saturated carbocycles. The number of rotatable bonds is 5. The molecule has 4 aliphatic carbocycles. The Kier molecular flexibility index (Phi) is 7.66. The summed E-state index contributed by atoms with van der Waals surface area (Å²) in [4.78, 5) is 2.57. The monoisotopic (exact) mass is 812 g/mol. The van der Waals surface area contributed by atoms with Gasteiger partial charge in [0.05, 0.1) is 16.9 Å². The predicted octanol–water partition coefficient (Wildman–Crippen LogP) is 14.9. The van der Waals surface area contributed by atoms with Crippen LogP contribution in [-0.4, -0.2) is 10.7 Å². The molecule has 3 nitrogen and oxygen atoms in total. The van der Waals surface area contributed by atoms with E-state index in [4.69, 9.17) is 4.74 Å². The number of fused-ring (bicyclic) bond motifs is 12. The maximum Gasteiger partial charge on any atom is 0.128 e. The highest BCUT2D eigenvalue weighted by atomic mass is 16.5. The van der Waals surface area contributed by atoms with Crippen LogP contribution >= 0.6 is 0 Å². The van der Waals surface area contributed by atoms with Crippen molar-refractivity contribution in [2.45, 2.75) is 57.0 Å². The minimum absolute atomic E-state index is 0.0507. The van der Waals surface area contributed by atoms with Crippen molar-refractivity contribution in [3.63, 3.8) is 0 Å². The molecule has 2 heterocycles. The summed E-state index contributed by atoms with van der Waals surface area (Å²) >= 11 is 0. The fourth-order valence-corrected chi connectivity index (χ4v) is 12.1. The average molecular weight is 813 g/mol. The van der Waals surface area contributed by atoms with E-state index >= 15 is 0 Å². The molecule has 0 spiro atoms. The number of para-hydroxylation sites is 2. The van der Waals surface area contributed by atoms with Crippen LogP contribution in [0.4, 0.5) is 17.1 Å². The first kappa shape index (κ1) is 36.5. The van der Waals surface area contributed by atoms with E-state index < -0.39 is 0 Å². The second-order valence-corrected chi connectivity index (χ2v) is 19.2. The highest BCUT2D eigenvalue weighted by molar-refractivity contribution is 5.97. The van der Waals surface area contributed by atoms with Gasteiger partial charge in [0.2, 0.25) is 0 Å². The molecule has 0 N–H and O–H groups in total. The number of benzene rings is 7. The number of ether oxygens (including phenoxy) is 1. The molecule has 8 aromatic rings. The maximum absolute atomic E-state index is 6.93. The molecule has 0 fully saturated rings. The molecule has 0 bridgehead atoms. The van der Waals surface area contributed by atoms with Gasteiger partial charge in [-0.3, -0.25) is 0 Å². The van der Waals surface area contributed by atoms with Gasteiger partial charge in [0.1, 0.15) is 11.9 Å². The van der Waals surface area contributed by atoms with Gasteiger partial charge in [0.25, 0.3) is 0 Å². The SMILES string of the molecule is CC1(C)c2ccccc2-c2ccc(N(c3cccc4c3-c3ccccc3C4(C)C)c3cccc4c3C3C=C(C5C=Cc6c(c7ccccc7n6-c6ccccc6)C5)C=CC3O4)cc21. The van der Waals surface area contributed by atoms with Crippen molar-refractivity contribution >= 4 is 34.0 Å². The molecule has 0 saturated heterocycles. The second kappa shape index (κ2) is 13.2. The Morgan fingerprint density at radius 1 is 0.587 bits per heavy atom. The summed E-state index contributed by atoms with van der Waals surface area (Å²) in [6.07, 6.45) is 12.9. The van der Waals surface area contributed by atoms with Gasteiger partial charge in [0, 0.05) is 56.2 Å². The molecule has 3 heteroatoms. The number of hydrogen-bond acceptors (Lipinski definition) is 2. The Hall–Kier alpha value is -7.10. The molecular formula is C60H48N2O. The first-order valence-electron chi connectivity index (χ1n) is 22.6. The predicted molar refractivity (Wildman–Crippen MR) is 260 cm³/mol. The van der Waals surface area contributed by atoms with E-state index in [1.165, 1.54) is 94.9 Å². The largest absolute Gasteiger partial charge is 0.485 e. The van der Waals surface area contributed by atoms with Crippen LogP contribution in [0.3, 0.4) is 0 Å². The van der Waals surface area contributed by atoms with Crippen LogP contribution in [0.25, 0.3) is 44.9 Å². The molecule has 1 aromatic heterocycles. The summed E-state index contributed by atoms with van der Waals surface area (Å²) in [6.45, 7) is 9.52. The van der Waals surface area contributed by atoms with Gasteiger partial charge in [-0.2, -0.15) is 0 Å². The Bertz CT molecular complexity index is 3320. The van der Waals surface area contributed by atoms with E-state index in [2.05, 4.69) is 225 Å². The zero-order valence-electron chi connectivity index (χ0n) is 36.1.